The van der Waals surface area contributed by atoms with Gasteiger partial charge in [-0.1, -0.05) is 28.9 Å². The molecule has 0 saturated carbocycles. The van der Waals surface area contributed by atoms with E-state index in [0.717, 1.165) is 16.9 Å². The Morgan fingerprint density at radius 1 is 1.24 bits per heavy atom. The van der Waals surface area contributed by atoms with E-state index in [4.69, 9.17) is 16.1 Å². The van der Waals surface area contributed by atoms with Crippen LogP contribution in [-0.4, -0.2) is 39.3 Å². The van der Waals surface area contributed by atoms with Crippen LogP contribution < -0.4 is 4.90 Å². The highest BCUT2D eigenvalue weighted by Gasteiger charge is 2.28. The number of aryl methyl sites for hydroxylation is 1. The van der Waals surface area contributed by atoms with Crippen LogP contribution in [-0.2, 0) is 14.4 Å². The topological polar surface area (TPSA) is 82.3 Å². The summed E-state index contributed by atoms with van der Waals surface area (Å²) in [4.78, 5) is 6.70. The Kier molecular flexibility index (Phi) is 4.02. The largest absolute Gasteiger partial charge is 0.615 e. The minimum Gasteiger partial charge on any atom is -0.615 e. The van der Waals surface area contributed by atoms with Crippen molar-refractivity contribution >= 4 is 38.6 Å². The number of pyridine rings is 1. The van der Waals surface area contributed by atoms with Crippen LogP contribution in [0.25, 0.3) is 22.4 Å². The monoisotopic (exact) mass is 377 g/mol. The predicted octanol–water partition coefficient (Wildman–Crippen LogP) is 3.30. The Morgan fingerprint density at radius 3 is 2.60 bits per heavy atom. The fraction of sp³-hybridized carbons (Fsp3) is 0.294. The lowest BCUT2D eigenvalue weighted by atomic mass is 10.1. The molecule has 0 amide bonds. The lowest BCUT2D eigenvalue weighted by Crippen LogP contribution is -2.43. The number of anilines is 1. The minimum atomic E-state index is -2.96. The molecule has 3 heterocycles. The number of sulfone groups is 1. The molecule has 1 aliphatic rings. The molecule has 1 fully saturated rings. The second-order valence-corrected chi connectivity index (χ2v) is 8.86. The molecule has 6 nitrogen and oxygen atoms in total. The number of benzene rings is 1. The van der Waals surface area contributed by atoms with Crippen molar-refractivity contribution in [2.75, 3.05) is 29.5 Å². The van der Waals surface area contributed by atoms with Crippen LogP contribution in [0.5, 0.6) is 0 Å². The number of rotatable bonds is 2. The summed E-state index contributed by atoms with van der Waals surface area (Å²) in [6.45, 7) is 2.71. The average Bonchev–Trinajstić information content (AvgIpc) is 2.96. The Bertz CT molecular complexity index is 975. The van der Waals surface area contributed by atoms with E-state index in [0.29, 0.717) is 34.9 Å². The molecule has 0 aliphatic carbocycles. The van der Waals surface area contributed by atoms with E-state index in [1.807, 2.05) is 42.2 Å². The van der Waals surface area contributed by atoms with E-state index in [-0.39, 0.29) is 11.5 Å². The van der Waals surface area contributed by atoms with Crippen LogP contribution in [0.2, 0.25) is 5.02 Å². The van der Waals surface area contributed by atoms with E-state index in [1.54, 1.807) is 0 Å². The third-order valence-electron chi connectivity index (χ3n) is 4.40. The maximum Gasteiger partial charge on any atom is 0.208 e. The maximum absolute atomic E-state index is 11.7. The molecule has 130 valence electrons. The van der Waals surface area contributed by atoms with Crippen LogP contribution >= 0.6 is 11.6 Å². The summed E-state index contributed by atoms with van der Waals surface area (Å²) in [6, 6.07) is 9.37. The van der Waals surface area contributed by atoms with Crippen molar-refractivity contribution in [2.45, 2.75) is 6.92 Å². The van der Waals surface area contributed by atoms with Gasteiger partial charge >= 0.3 is 0 Å². The molecule has 0 unspecified atom stereocenters. The number of nitrogens with zero attached hydrogens (tertiary/aromatic N) is 3. The molecule has 1 aromatic carbocycles. The highest BCUT2D eigenvalue weighted by molar-refractivity contribution is 7.97. The van der Waals surface area contributed by atoms with Crippen molar-refractivity contribution in [1.82, 2.24) is 10.1 Å². The number of hydrogen-bond acceptors (Lipinski definition) is 6. The zero-order valence-electron chi connectivity index (χ0n) is 13.6. The first-order valence-electron chi connectivity index (χ1n) is 7.91. The first kappa shape index (κ1) is 16.5. The summed E-state index contributed by atoms with van der Waals surface area (Å²) in [6.07, 6.45) is 0. The Hall–Kier alpha value is -1.96. The molecule has 4 rings (SSSR count). The van der Waals surface area contributed by atoms with Crippen molar-refractivity contribution in [3.63, 3.8) is 0 Å². The second kappa shape index (κ2) is 6.09. The average molecular weight is 378 g/mol. The first-order valence-corrected chi connectivity index (χ1v) is 10.1. The van der Waals surface area contributed by atoms with Crippen LogP contribution in [0.15, 0.2) is 34.9 Å². The van der Waals surface area contributed by atoms with Crippen LogP contribution in [0.1, 0.15) is 5.69 Å². The maximum atomic E-state index is 11.7. The van der Waals surface area contributed by atoms with Gasteiger partial charge in [0.1, 0.15) is 22.7 Å². The molecule has 0 radical (unpaired) electrons. The SMILES string of the molecule is Cc1noc2c(N3CC[S+](=O)([O-])CC3)cc(-c3ccc(Cl)cc3)nc12. The number of aromatic nitrogens is 2. The smallest absolute Gasteiger partial charge is 0.208 e. The van der Waals surface area contributed by atoms with Gasteiger partial charge in [0.25, 0.3) is 0 Å². The Labute approximate surface area is 151 Å². The van der Waals surface area contributed by atoms with E-state index < -0.39 is 10.2 Å². The number of fused-ring (bicyclic) bond motifs is 1. The van der Waals surface area contributed by atoms with Gasteiger partial charge in [0.05, 0.1) is 34.7 Å². The summed E-state index contributed by atoms with van der Waals surface area (Å²) in [5.74, 6) is 0.278. The van der Waals surface area contributed by atoms with E-state index in [9.17, 15) is 8.76 Å². The number of hydrogen-bond donors (Lipinski definition) is 0. The van der Waals surface area contributed by atoms with Crippen LogP contribution in [0.3, 0.4) is 0 Å². The Balaban J connectivity index is 1.82. The van der Waals surface area contributed by atoms with Gasteiger partial charge in [-0.15, -0.1) is 4.21 Å². The van der Waals surface area contributed by atoms with Gasteiger partial charge in [0, 0.05) is 10.6 Å². The molecule has 0 atom stereocenters. The Morgan fingerprint density at radius 2 is 1.92 bits per heavy atom. The molecule has 0 N–H and O–H groups in total. The summed E-state index contributed by atoms with van der Waals surface area (Å²) in [5.41, 5.74) is 4.52. The van der Waals surface area contributed by atoms with Gasteiger partial charge in [0.2, 0.25) is 5.58 Å². The van der Waals surface area contributed by atoms with Gasteiger partial charge in [0.15, 0.2) is 0 Å². The van der Waals surface area contributed by atoms with Crippen molar-refractivity contribution < 1.29 is 13.3 Å². The van der Waals surface area contributed by atoms with Gasteiger partial charge in [-0.3, -0.25) is 0 Å². The van der Waals surface area contributed by atoms with Crippen LogP contribution in [0, 0.1) is 6.92 Å². The molecule has 1 saturated heterocycles. The summed E-state index contributed by atoms with van der Waals surface area (Å²) < 4.78 is 28.9. The number of halogens is 1. The lowest BCUT2D eigenvalue weighted by Gasteiger charge is -2.31. The van der Waals surface area contributed by atoms with Crippen molar-refractivity contribution in [2.24, 2.45) is 0 Å². The van der Waals surface area contributed by atoms with E-state index in [1.165, 1.54) is 0 Å². The molecular formula is C17H16ClN3O3S. The van der Waals surface area contributed by atoms with Crippen molar-refractivity contribution in [1.29, 1.82) is 0 Å². The quantitative estimate of drug-likeness (QED) is 0.637. The molecular weight excluding hydrogens is 362 g/mol. The summed E-state index contributed by atoms with van der Waals surface area (Å²) in [5, 5.41) is 4.68. The standard InChI is InChI=1S/C17H16ClN3O3S/c1-11-16-17(24-20-11)15(21-6-8-25(22,23)9-7-21)10-14(19-16)12-2-4-13(18)5-3-12/h2-5,10H,6-9H2,1H3. The zero-order valence-corrected chi connectivity index (χ0v) is 15.1. The van der Waals surface area contributed by atoms with Crippen LogP contribution in [0.4, 0.5) is 5.69 Å². The minimum absolute atomic E-state index is 0.139. The van der Waals surface area contributed by atoms with E-state index >= 15 is 0 Å². The third-order valence-corrected chi connectivity index (χ3v) is 6.26. The molecule has 0 bridgehead atoms. The van der Waals surface area contributed by atoms with Gasteiger partial charge < -0.3 is 14.0 Å². The molecule has 1 aliphatic heterocycles. The first-order chi connectivity index (χ1) is 11.9. The molecule has 2 aromatic heterocycles. The summed E-state index contributed by atoms with van der Waals surface area (Å²) in [7, 11) is -2.96. The van der Waals surface area contributed by atoms with Gasteiger partial charge in [-0.05, 0) is 25.1 Å². The summed E-state index contributed by atoms with van der Waals surface area (Å²) >= 11 is 5.97. The normalized spacial score (nSPS) is 17.2. The van der Waals surface area contributed by atoms with Crippen molar-refractivity contribution in [3.8, 4) is 11.3 Å². The molecule has 25 heavy (non-hydrogen) atoms. The fourth-order valence-corrected chi connectivity index (χ4v) is 4.30. The third kappa shape index (κ3) is 3.15. The van der Waals surface area contributed by atoms with Gasteiger partial charge in [-0.2, -0.15) is 0 Å². The molecule has 3 aromatic rings. The highest BCUT2D eigenvalue weighted by Crippen LogP contribution is 2.33. The highest BCUT2D eigenvalue weighted by atomic mass is 35.5. The second-order valence-electron chi connectivity index (χ2n) is 6.12. The van der Waals surface area contributed by atoms with E-state index in [2.05, 4.69) is 10.1 Å². The zero-order chi connectivity index (χ0) is 17.6. The lowest BCUT2D eigenvalue weighted by molar-refractivity contribution is 0.449. The van der Waals surface area contributed by atoms with Crippen molar-refractivity contribution in [3.05, 3.63) is 41.0 Å². The molecule has 0 spiro atoms. The van der Waals surface area contributed by atoms with Gasteiger partial charge in [-0.25, -0.2) is 4.98 Å². The molecule has 8 heteroatoms. The fourth-order valence-electron chi connectivity index (χ4n) is 2.97. The predicted molar refractivity (Wildman–Crippen MR) is 97.8 cm³/mol.